The molecule has 2 aromatic carbocycles. The average molecular weight is 409 g/mol. The van der Waals surface area contributed by atoms with Gasteiger partial charge in [0.25, 0.3) is 5.91 Å². The number of aromatic nitrogens is 2. The molecule has 4 N–H and O–H groups in total. The van der Waals surface area contributed by atoms with E-state index in [-0.39, 0.29) is 11.5 Å². The highest BCUT2D eigenvalue weighted by molar-refractivity contribution is 7.83. The summed E-state index contributed by atoms with van der Waals surface area (Å²) in [5.41, 5.74) is 8.77. The lowest BCUT2D eigenvalue weighted by Crippen LogP contribution is -2.22. The van der Waals surface area contributed by atoms with Crippen LogP contribution in [0.4, 0.5) is 11.5 Å². The number of hydrogen-bond acceptors (Lipinski definition) is 6. The van der Waals surface area contributed by atoms with Gasteiger partial charge in [0.15, 0.2) is 22.5 Å². The zero-order chi connectivity index (χ0) is 21.0. The quantitative estimate of drug-likeness (QED) is 0.594. The number of benzene rings is 2. The molecule has 0 spiro atoms. The third-order valence-electron chi connectivity index (χ3n) is 3.93. The van der Waals surface area contributed by atoms with E-state index in [1.54, 1.807) is 24.3 Å². The first-order valence-electron chi connectivity index (χ1n) is 8.63. The summed E-state index contributed by atoms with van der Waals surface area (Å²) in [6.07, 6.45) is 1.52. The highest BCUT2D eigenvalue weighted by Gasteiger charge is 2.15. The number of nitrogen functional groups attached to an aromatic ring is 1. The average Bonchev–Trinajstić information content (AvgIpc) is 2.69. The van der Waals surface area contributed by atoms with Crippen LogP contribution >= 0.6 is 0 Å². The molecule has 0 saturated carbocycles. The van der Waals surface area contributed by atoms with Gasteiger partial charge in [-0.25, -0.2) is 14.2 Å². The molecule has 0 aliphatic heterocycles. The maximum atomic E-state index is 12.6. The van der Waals surface area contributed by atoms with Crippen molar-refractivity contribution in [2.24, 2.45) is 0 Å². The molecule has 3 rings (SSSR count). The summed E-state index contributed by atoms with van der Waals surface area (Å²) < 4.78 is 14.2. The number of hydrogen-bond donors (Lipinski definition) is 3. The molecular formula is C20H19N5O3S. The van der Waals surface area contributed by atoms with Gasteiger partial charge in [0.1, 0.15) is 0 Å². The van der Waals surface area contributed by atoms with Gasteiger partial charge in [-0.05, 0) is 31.2 Å². The van der Waals surface area contributed by atoms with Gasteiger partial charge in [0, 0.05) is 18.2 Å². The summed E-state index contributed by atoms with van der Waals surface area (Å²) in [5.74, 6) is -0.898. The number of nitrogens with one attached hydrogen (secondary N) is 2. The van der Waals surface area contributed by atoms with Crippen molar-refractivity contribution in [1.82, 2.24) is 14.7 Å². The summed E-state index contributed by atoms with van der Waals surface area (Å²) >= 11 is 0. The summed E-state index contributed by atoms with van der Waals surface area (Å²) in [6.45, 7) is 3.26. The SMILES string of the molecule is CC(=O)NS(=O)c1ccc(NC(=O)c2nc(-c3ccc(C)cc3)cnc2N)cc1. The summed E-state index contributed by atoms with van der Waals surface area (Å²) in [7, 11) is -1.65. The van der Waals surface area contributed by atoms with Gasteiger partial charge in [-0.2, -0.15) is 0 Å². The smallest absolute Gasteiger partial charge is 0.278 e. The normalized spacial score (nSPS) is 11.5. The van der Waals surface area contributed by atoms with Crippen molar-refractivity contribution in [1.29, 1.82) is 0 Å². The molecule has 148 valence electrons. The second kappa shape index (κ2) is 8.61. The maximum absolute atomic E-state index is 12.6. The van der Waals surface area contributed by atoms with Gasteiger partial charge in [0.05, 0.1) is 16.8 Å². The topological polar surface area (TPSA) is 127 Å². The van der Waals surface area contributed by atoms with E-state index in [0.717, 1.165) is 11.1 Å². The zero-order valence-electron chi connectivity index (χ0n) is 15.8. The van der Waals surface area contributed by atoms with Crippen LogP contribution in [0.5, 0.6) is 0 Å². The highest BCUT2D eigenvalue weighted by Crippen LogP contribution is 2.20. The van der Waals surface area contributed by atoms with Crippen LogP contribution in [-0.4, -0.2) is 26.0 Å². The Balaban J connectivity index is 1.78. The maximum Gasteiger partial charge on any atom is 0.278 e. The summed E-state index contributed by atoms with van der Waals surface area (Å²) in [5, 5.41) is 2.69. The molecule has 0 radical (unpaired) electrons. The standard InChI is InChI=1S/C20H19N5O3S/c1-12-3-5-14(6-4-12)17-11-22-19(21)18(24-17)20(27)23-15-7-9-16(10-8-15)29(28)25-13(2)26/h3-11H,1-2H3,(H2,21,22)(H,23,27)(H,25,26). The minimum atomic E-state index is -1.65. The van der Waals surface area contributed by atoms with E-state index in [4.69, 9.17) is 5.73 Å². The fourth-order valence-corrected chi connectivity index (χ4v) is 3.23. The lowest BCUT2D eigenvalue weighted by atomic mass is 10.1. The Hall–Kier alpha value is -3.59. The molecule has 0 aliphatic rings. The number of aryl methyl sites for hydroxylation is 1. The van der Waals surface area contributed by atoms with Gasteiger partial charge < -0.3 is 11.1 Å². The van der Waals surface area contributed by atoms with Crippen LogP contribution in [0.3, 0.4) is 0 Å². The van der Waals surface area contributed by atoms with Crippen LogP contribution in [0, 0.1) is 6.92 Å². The fourth-order valence-electron chi connectivity index (χ4n) is 2.47. The molecule has 2 amide bonds. The van der Waals surface area contributed by atoms with Crippen molar-refractivity contribution in [3.8, 4) is 11.3 Å². The lowest BCUT2D eigenvalue weighted by Gasteiger charge is -2.09. The third kappa shape index (κ3) is 5.02. The molecule has 3 aromatic rings. The van der Waals surface area contributed by atoms with Crippen LogP contribution < -0.4 is 15.8 Å². The van der Waals surface area contributed by atoms with Crippen LogP contribution in [0.1, 0.15) is 23.0 Å². The number of anilines is 2. The highest BCUT2D eigenvalue weighted by atomic mass is 32.2. The van der Waals surface area contributed by atoms with Crippen molar-refractivity contribution >= 4 is 34.3 Å². The number of rotatable bonds is 5. The summed E-state index contributed by atoms with van der Waals surface area (Å²) in [6, 6.07) is 13.9. The first-order chi connectivity index (χ1) is 13.8. The van der Waals surface area contributed by atoms with E-state index in [0.29, 0.717) is 16.3 Å². The van der Waals surface area contributed by atoms with Crippen molar-refractivity contribution in [2.75, 3.05) is 11.1 Å². The van der Waals surface area contributed by atoms with Crippen molar-refractivity contribution in [2.45, 2.75) is 18.7 Å². The minimum absolute atomic E-state index is 0.00831. The first kappa shape index (κ1) is 20.2. The zero-order valence-corrected chi connectivity index (χ0v) is 16.6. The predicted molar refractivity (Wildman–Crippen MR) is 111 cm³/mol. The van der Waals surface area contributed by atoms with Gasteiger partial charge in [0.2, 0.25) is 5.91 Å². The van der Waals surface area contributed by atoms with Crippen LogP contribution in [0.25, 0.3) is 11.3 Å². The first-order valence-corrected chi connectivity index (χ1v) is 9.78. The number of carbonyl (C=O) groups is 2. The molecule has 0 saturated heterocycles. The second-order valence-electron chi connectivity index (χ2n) is 6.26. The molecule has 0 bridgehead atoms. The Bertz CT molecular complexity index is 1080. The Morgan fingerprint density at radius 1 is 1.03 bits per heavy atom. The van der Waals surface area contributed by atoms with Gasteiger partial charge in [-0.1, -0.05) is 29.8 Å². The Labute approximate surface area is 170 Å². The molecule has 29 heavy (non-hydrogen) atoms. The molecule has 0 fully saturated rings. The van der Waals surface area contributed by atoms with Crippen LogP contribution in [0.15, 0.2) is 59.6 Å². The number of amides is 2. The Morgan fingerprint density at radius 2 is 1.69 bits per heavy atom. The Morgan fingerprint density at radius 3 is 2.31 bits per heavy atom. The van der Waals surface area contributed by atoms with Gasteiger partial charge in [-0.3, -0.25) is 14.3 Å². The van der Waals surface area contributed by atoms with E-state index in [2.05, 4.69) is 20.0 Å². The van der Waals surface area contributed by atoms with E-state index >= 15 is 0 Å². The molecule has 1 unspecified atom stereocenters. The molecule has 0 aliphatic carbocycles. The largest absolute Gasteiger partial charge is 0.382 e. The molecular weight excluding hydrogens is 390 g/mol. The van der Waals surface area contributed by atoms with E-state index < -0.39 is 22.8 Å². The van der Waals surface area contributed by atoms with Gasteiger partial charge >= 0.3 is 0 Å². The van der Waals surface area contributed by atoms with Gasteiger partial charge in [-0.15, -0.1) is 0 Å². The molecule has 9 heteroatoms. The molecule has 1 atom stereocenters. The number of nitrogens with two attached hydrogens (primary N) is 1. The third-order valence-corrected chi connectivity index (χ3v) is 5.10. The molecule has 1 heterocycles. The van der Waals surface area contributed by atoms with E-state index in [1.165, 1.54) is 13.1 Å². The monoisotopic (exact) mass is 409 g/mol. The van der Waals surface area contributed by atoms with Crippen LogP contribution in [0.2, 0.25) is 0 Å². The minimum Gasteiger partial charge on any atom is -0.382 e. The van der Waals surface area contributed by atoms with Crippen molar-refractivity contribution in [3.63, 3.8) is 0 Å². The van der Waals surface area contributed by atoms with Crippen LogP contribution in [-0.2, 0) is 15.8 Å². The van der Waals surface area contributed by atoms with Crippen molar-refractivity contribution < 1.29 is 13.8 Å². The predicted octanol–water partition coefficient (Wildman–Crippen LogP) is 2.45. The van der Waals surface area contributed by atoms with E-state index in [1.807, 2.05) is 31.2 Å². The lowest BCUT2D eigenvalue weighted by molar-refractivity contribution is -0.117. The van der Waals surface area contributed by atoms with Crippen molar-refractivity contribution in [3.05, 3.63) is 66.0 Å². The Kier molecular flexibility index (Phi) is 5.99. The fraction of sp³-hybridized carbons (Fsp3) is 0.100. The molecule has 8 nitrogen and oxygen atoms in total. The number of nitrogens with zero attached hydrogens (tertiary/aromatic N) is 2. The number of carbonyl (C=O) groups excluding carboxylic acids is 2. The molecule has 1 aromatic heterocycles. The van der Waals surface area contributed by atoms with E-state index in [9.17, 15) is 13.8 Å². The second-order valence-corrected chi connectivity index (χ2v) is 7.47. The summed E-state index contributed by atoms with van der Waals surface area (Å²) in [4.78, 5) is 32.4.